The van der Waals surface area contributed by atoms with E-state index in [2.05, 4.69) is 177 Å². The zero-order valence-corrected chi connectivity index (χ0v) is 33.7. The Bertz CT molecular complexity index is 3250. The van der Waals surface area contributed by atoms with Crippen molar-refractivity contribution in [3.63, 3.8) is 0 Å². The highest BCUT2D eigenvalue weighted by atomic mass is 32.1. The third-order valence-electron chi connectivity index (χ3n) is 12.0. The number of nitrogens with zero attached hydrogens (tertiary/aromatic N) is 3. The number of benzene rings is 8. The molecule has 11 rings (SSSR count). The first-order chi connectivity index (χ1) is 29.1. The molecule has 280 valence electrons. The molecule has 0 atom stereocenters. The molecule has 4 heteroatoms. The molecule has 0 radical (unpaired) electrons. The van der Waals surface area contributed by atoms with Crippen LogP contribution < -0.4 is 0 Å². The molecular weight excluding hydrogens is 735 g/mol. The Labute approximate surface area is 348 Å². The Morgan fingerprint density at radius 2 is 1.14 bits per heavy atom. The summed E-state index contributed by atoms with van der Waals surface area (Å²) >= 11 is 1.79. The maximum absolute atomic E-state index is 5.60. The summed E-state index contributed by atoms with van der Waals surface area (Å²) in [7, 11) is 0. The molecule has 2 aliphatic rings. The molecule has 0 aliphatic heterocycles. The van der Waals surface area contributed by atoms with E-state index in [1.807, 2.05) is 13.1 Å². The van der Waals surface area contributed by atoms with Crippen LogP contribution >= 0.6 is 11.3 Å². The van der Waals surface area contributed by atoms with Crippen LogP contribution in [0.15, 0.2) is 185 Å². The Balaban J connectivity index is 1.10. The minimum atomic E-state index is 0.635. The van der Waals surface area contributed by atoms with Gasteiger partial charge < -0.3 is 0 Å². The summed E-state index contributed by atoms with van der Waals surface area (Å²) in [6.07, 6.45) is 3.71. The van der Waals surface area contributed by atoms with Gasteiger partial charge in [0.05, 0.1) is 5.69 Å². The fourth-order valence-corrected chi connectivity index (χ4v) is 10.3. The van der Waals surface area contributed by atoms with Gasteiger partial charge in [0.15, 0.2) is 11.7 Å². The zero-order chi connectivity index (χ0) is 39.5. The number of aryl methyl sites for hydroxylation is 1. The molecule has 0 N–H and O–H groups in total. The van der Waals surface area contributed by atoms with E-state index >= 15 is 0 Å². The van der Waals surface area contributed by atoms with Gasteiger partial charge >= 0.3 is 0 Å². The summed E-state index contributed by atoms with van der Waals surface area (Å²) in [6, 6.07) is 61.4. The van der Waals surface area contributed by atoms with Crippen molar-refractivity contribution in [1.82, 2.24) is 0 Å². The zero-order valence-electron chi connectivity index (χ0n) is 32.9. The van der Waals surface area contributed by atoms with E-state index in [9.17, 15) is 0 Å². The molecule has 0 unspecified atom stereocenters. The van der Waals surface area contributed by atoms with Crippen LogP contribution in [-0.4, -0.2) is 17.9 Å². The molecule has 1 heterocycles. The second-order valence-electron chi connectivity index (χ2n) is 15.5. The smallest absolute Gasteiger partial charge is 0.162 e. The number of rotatable bonds is 5. The predicted molar refractivity (Wildman–Crippen MR) is 251 cm³/mol. The van der Waals surface area contributed by atoms with Crippen LogP contribution in [0.25, 0.3) is 64.7 Å². The van der Waals surface area contributed by atoms with Crippen molar-refractivity contribution in [3.05, 3.63) is 209 Å². The van der Waals surface area contributed by atoms with Crippen molar-refractivity contribution in [1.29, 1.82) is 0 Å². The average molecular weight is 774 g/mol. The predicted octanol–water partition coefficient (Wildman–Crippen LogP) is 14.5. The number of para-hydroxylation sites is 1. The molecule has 59 heavy (non-hydrogen) atoms. The quantitative estimate of drug-likeness (QED) is 0.123. The highest BCUT2D eigenvalue weighted by molar-refractivity contribution is 7.26. The molecule has 3 nitrogen and oxygen atoms in total. The van der Waals surface area contributed by atoms with Crippen LogP contribution in [0.5, 0.6) is 0 Å². The second kappa shape index (κ2) is 14.4. The van der Waals surface area contributed by atoms with Crippen LogP contribution in [0.2, 0.25) is 0 Å². The SMILES string of the molecule is CC=NC(=NC(=Nc1ccccc1-c1cc(-c2ccc3c(c2)-c2ccccc2C3)ccc1C)c1cccc2c1-c1ccccc1C2)c1cccc2c1sc1ccccc12. The van der Waals surface area contributed by atoms with E-state index in [-0.39, 0.29) is 0 Å². The highest BCUT2D eigenvalue weighted by Gasteiger charge is 2.25. The number of fused-ring (bicyclic) bond motifs is 9. The van der Waals surface area contributed by atoms with Gasteiger partial charge in [0.2, 0.25) is 0 Å². The number of hydrogen-bond donors (Lipinski definition) is 0. The third kappa shape index (κ3) is 6.07. The molecule has 0 spiro atoms. The molecular formula is C55H39N3S. The van der Waals surface area contributed by atoms with E-state index < -0.39 is 0 Å². The number of amidine groups is 2. The Morgan fingerprint density at radius 3 is 2.00 bits per heavy atom. The van der Waals surface area contributed by atoms with E-state index in [1.165, 1.54) is 81.4 Å². The second-order valence-corrected chi connectivity index (χ2v) is 16.5. The van der Waals surface area contributed by atoms with Crippen molar-refractivity contribution < 1.29 is 0 Å². The van der Waals surface area contributed by atoms with Gasteiger partial charge in [-0.2, -0.15) is 0 Å². The summed E-state index contributed by atoms with van der Waals surface area (Å²) in [5, 5.41) is 2.46. The van der Waals surface area contributed by atoms with Crippen LogP contribution in [0.4, 0.5) is 5.69 Å². The van der Waals surface area contributed by atoms with Gasteiger partial charge in [0, 0.05) is 43.1 Å². The van der Waals surface area contributed by atoms with Gasteiger partial charge in [-0.1, -0.05) is 140 Å². The summed E-state index contributed by atoms with van der Waals surface area (Å²) < 4.78 is 2.42. The number of hydrogen-bond acceptors (Lipinski definition) is 2. The monoisotopic (exact) mass is 773 g/mol. The lowest BCUT2D eigenvalue weighted by molar-refractivity contribution is 1.26. The lowest BCUT2D eigenvalue weighted by Crippen LogP contribution is -2.07. The molecule has 0 bridgehead atoms. The van der Waals surface area contributed by atoms with Crippen molar-refractivity contribution >= 4 is 55.1 Å². The van der Waals surface area contributed by atoms with Crippen molar-refractivity contribution in [3.8, 4) is 44.5 Å². The molecule has 0 saturated heterocycles. The summed E-state index contributed by atoms with van der Waals surface area (Å²) in [5.74, 6) is 1.27. The summed E-state index contributed by atoms with van der Waals surface area (Å²) in [6.45, 7) is 4.15. The number of thiophene rings is 1. The van der Waals surface area contributed by atoms with Gasteiger partial charge in [0.1, 0.15) is 0 Å². The van der Waals surface area contributed by atoms with Gasteiger partial charge in [-0.25, -0.2) is 15.0 Å². The fourth-order valence-electron chi connectivity index (χ4n) is 9.13. The summed E-state index contributed by atoms with van der Waals surface area (Å²) in [5.41, 5.74) is 19.2. The molecule has 0 fully saturated rings. The van der Waals surface area contributed by atoms with Gasteiger partial charge in [-0.05, 0) is 124 Å². The standard InChI is InChI=1S/C55H39N3S/c1-3-56-54(47-23-13-21-45-44-20-9-11-25-51(44)59-53(45)47)58-55(46-22-12-16-40-31-38-15-5-7-18-42(38)52(40)46)57-50-24-10-8-19-43(50)48-32-35(27-26-34(48)2)36-28-29-39-30-37-14-4-6-17-41(37)49(39)33-36/h3-29,32-33H,30-31H2,1-2H3. The third-order valence-corrected chi connectivity index (χ3v) is 13.2. The minimum absolute atomic E-state index is 0.635. The van der Waals surface area contributed by atoms with Crippen molar-refractivity contribution in [2.75, 3.05) is 0 Å². The van der Waals surface area contributed by atoms with Gasteiger partial charge in [0.25, 0.3) is 0 Å². The lowest BCUT2D eigenvalue weighted by atomic mass is 9.92. The van der Waals surface area contributed by atoms with Crippen molar-refractivity contribution in [2.45, 2.75) is 26.7 Å². The molecule has 0 amide bonds. The highest BCUT2D eigenvalue weighted by Crippen LogP contribution is 2.43. The van der Waals surface area contributed by atoms with Crippen LogP contribution in [0.3, 0.4) is 0 Å². The topological polar surface area (TPSA) is 37.1 Å². The van der Waals surface area contributed by atoms with E-state index in [0.29, 0.717) is 11.7 Å². The van der Waals surface area contributed by atoms with Gasteiger partial charge in [-0.3, -0.25) is 0 Å². The van der Waals surface area contributed by atoms with E-state index in [4.69, 9.17) is 15.0 Å². The normalized spacial score (nSPS) is 13.3. The maximum Gasteiger partial charge on any atom is 0.162 e. The minimum Gasteiger partial charge on any atom is -0.241 e. The Morgan fingerprint density at radius 1 is 0.508 bits per heavy atom. The van der Waals surface area contributed by atoms with E-state index in [0.717, 1.165) is 40.8 Å². The Kier molecular flexibility index (Phi) is 8.60. The first-order valence-electron chi connectivity index (χ1n) is 20.3. The first kappa shape index (κ1) is 35.2. The largest absolute Gasteiger partial charge is 0.241 e. The number of aliphatic imine (C=N–C) groups is 3. The molecule has 8 aromatic carbocycles. The first-order valence-corrected chi connectivity index (χ1v) is 21.1. The molecule has 1 aromatic heterocycles. The molecule has 0 saturated carbocycles. The maximum atomic E-state index is 5.60. The van der Waals surface area contributed by atoms with Crippen molar-refractivity contribution in [2.24, 2.45) is 15.0 Å². The average Bonchev–Trinajstić information content (AvgIpc) is 3.97. The lowest BCUT2D eigenvalue weighted by Gasteiger charge is -2.15. The Hall–Kier alpha value is -7.01. The molecule has 9 aromatic rings. The fraction of sp³-hybridized carbons (Fsp3) is 0.0727. The van der Waals surface area contributed by atoms with Gasteiger partial charge in [-0.15, -0.1) is 11.3 Å². The van der Waals surface area contributed by atoms with Crippen LogP contribution in [0.1, 0.15) is 45.9 Å². The van der Waals surface area contributed by atoms with Crippen LogP contribution in [-0.2, 0) is 12.8 Å². The molecule has 2 aliphatic carbocycles. The summed E-state index contributed by atoms with van der Waals surface area (Å²) in [4.78, 5) is 16.1. The van der Waals surface area contributed by atoms with Crippen LogP contribution in [0, 0.1) is 6.92 Å². The van der Waals surface area contributed by atoms with E-state index in [1.54, 1.807) is 11.3 Å².